The Morgan fingerprint density at radius 2 is 1.92 bits per heavy atom. The lowest BCUT2D eigenvalue weighted by molar-refractivity contribution is 0.514. The molecule has 6 heterocycles. The molecule has 0 unspecified atom stereocenters. The first kappa shape index (κ1) is 21.6. The summed E-state index contributed by atoms with van der Waals surface area (Å²) in [7, 11) is 0. The molecule has 1 aliphatic rings. The molecule has 0 spiro atoms. The fourth-order valence-corrected chi connectivity index (χ4v) is 4.86. The van der Waals surface area contributed by atoms with Gasteiger partial charge < -0.3 is 15.6 Å². The molecule has 0 aliphatic carbocycles. The van der Waals surface area contributed by atoms with Crippen molar-refractivity contribution < 1.29 is 4.39 Å². The van der Waals surface area contributed by atoms with Crippen LogP contribution in [0, 0.1) is 12.7 Å². The molecule has 1 fully saturated rings. The minimum Gasteiger partial charge on any atom is -0.352 e. The van der Waals surface area contributed by atoms with Crippen molar-refractivity contribution in [3.05, 3.63) is 72.4 Å². The van der Waals surface area contributed by atoms with Gasteiger partial charge in [-0.15, -0.1) is 0 Å². The quantitative estimate of drug-likeness (QED) is 0.337. The van der Waals surface area contributed by atoms with Gasteiger partial charge in [0.1, 0.15) is 34.2 Å². The van der Waals surface area contributed by atoms with Crippen LogP contribution in [-0.2, 0) is 0 Å². The highest BCUT2D eigenvalue weighted by atomic mass is 19.1. The van der Waals surface area contributed by atoms with E-state index in [-0.39, 0.29) is 11.9 Å². The molecular weight excluding hydrogens is 469 g/mol. The van der Waals surface area contributed by atoms with E-state index in [2.05, 4.69) is 30.0 Å². The predicted octanol–water partition coefficient (Wildman–Crippen LogP) is 4.22. The number of aromatic amines is 2. The van der Waals surface area contributed by atoms with E-state index in [4.69, 9.17) is 15.7 Å². The van der Waals surface area contributed by atoms with Crippen molar-refractivity contribution >= 4 is 27.9 Å². The van der Waals surface area contributed by atoms with Gasteiger partial charge in [-0.1, -0.05) is 6.07 Å². The van der Waals surface area contributed by atoms with E-state index in [0.717, 1.165) is 52.2 Å². The van der Waals surface area contributed by atoms with E-state index in [0.29, 0.717) is 28.2 Å². The molecule has 0 radical (unpaired) electrons. The SMILES string of the molecule is Cc1cc(F)cc(-c2ccnc3[nH]c(-c4n[nH]c5ccc(-c6cncc(N7CC(N)C7)n6)nc45)cc23)c1. The number of aromatic nitrogens is 7. The molecule has 0 amide bonds. The van der Waals surface area contributed by atoms with Crippen LogP contribution in [0.25, 0.3) is 56.0 Å². The van der Waals surface area contributed by atoms with Crippen LogP contribution in [0.2, 0.25) is 0 Å². The molecule has 5 aromatic heterocycles. The molecular formula is C27H22FN9. The number of hydrogen-bond donors (Lipinski definition) is 3. The minimum absolute atomic E-state index is 0.171. The summed E-state index contributed by atoms with van der Waals surface area (Å²) in [6, 6.07) is 12.9. The maximum Gasteiger partial charge on any atom is 0.147 e. The van der Waals surface area contributed by atoms with Crippen LogP contribution in [0.1, 0.15) is 5.56 Å². The van der Waals surface area contributed by atoms with Gasteiger partial charge in [0.25, 0.3) is 0 Å². The highest BCUT2D eigenvalue weighted by molar-refractivity contribution is 5.99. The topological polar surface area (TPSA) is 125 Å². The predicted molar refractivity (Wildman–Crippen MR) is 140 cm³/mol. The normalized spacial score (nSPS) is 14.0. The first-order valence-electron chi connectivity index (χ1n) is 12.0. The number of H-pyrrole nitrogens is 2. The fraction of sp³-hybridized carbons (Fsp3) is 0.148. The molecule has 9 nitrogen and oxygen atoms in total. The number of aryl methyl sites for hydroxylation is 1. The Bertz CT molecular complexity index is 1780. The Balaban J connectivity index is 1.31. The summed E-state index contributed by atoms with van der Waals surface area (Å²) in [5.41, 5.74) is 13.4. The highest BCUT2D eigenvalue weighted by Gasteiger charge is 2.25. The van der Waals surface area contributed by atoms with Gasteiger partial charge in [0, 0.05) is 30.7 Å². The first-order chi connectivity index (χ1) is 18.0. The van der Waals surface area contributed by atoms with Crippen LogP contribution < -0.4 is 10.6 Å². The molecule has 10 heteroatoms. The third kappa shape index (κ3) is 3.69. The molecule has 0 bridgehead atoms. The molecule has 6 aromatic rings. The van der Waals surface area contributed by atoms with Crippen molar-refractivity contribution in [2.75, 3.05) is 18.0 Å². The van der Waals surface area contributed by atoms with E-state index in [1.54, 1.807) is 18.6 Å². The monoisotopic (exact) mass is 491 g/mol. The van der Waals surface area contributed by atoms with Crippen LogP contribution in [0.5, 0.6) is 0 Å². The van der Waals surface area contributed by atoms with Gasteiger partial charge >= 0.3 is 0 Å². The number of fused-ring (bicyclic) bond motifs is 2. The second kappa shape index (κ2) is 8.17. The number of halogens is 1. The van der Waals surface area contributed by atoms with Gasteiger partial charge in [-0.2, -0.15) is 5.10 Å². The second-order valence-corrected chi connectivity index (χ2v) is 9.41. The van der Waals surface area contributed by atoms with Crippen LogP contribution >= 0.6 is 0 Å². The van der Waals surface area contributed by atoms with E-state index in [9.17, 15) is 4.39 Å². The molecule has 0 saturated carbocycles. The summed E-state index contributed by atoms with van der Waals surface area (Å²) in [5.74, 6) is 0.519. The third-order valence-corrected chi connectivity index (χ3v) is 6.67. The average molecular weight is 492 g/mol. The third-order valence-electron chi connectivity index (χ3n) is 6.67. The van der Waals surface area contributed by atoms with Gasteiger partial charge in [-0.3, -0.25) is 10.1 Å². The lowest BCUT2D eigenvalue weighted by atomic mass is 10.0. The van der Waals surface area contributed by atoms with E-state index in [1.807, 2.05) is 37.3 Å². The summed E-state index contributed by atoms with van der Waals surface area (Å²) in [4.78, 5) is 24.0. The zero-order chi connectivity index (χ0) is 25.1. The van der Waals surface area contributed by atoms with Crippen LogP contribution in [-0.4, -0.2) is 54.2 Å². The molecule has 7 rings (SSSR count). The lowest BCUT2D eigenvalue weighted by Crippen LogP contribution is -2.56. The maximum absolute atomic E-state index is 14.1. The van der Waals surface area contributed by atoms with E-state index >= 15 is 0 Å². The molecule has 182 valence electrons. The second-order valence-electron chi connectivity index (χ2n) is 9.41. The van der Waals surface area contributed by atoms with Crippen molar-refractivity contribution in [3.8, 4) is 33.9 Å². The van der Waals surface area contributed by atoms with E-state index < -0.39 is 0 Å². The van der Waals surface area contributed by atoms with Crippen LogP contribution in [0.4, 0.5) is 10.2 Å². The highest BCUT2D eigenvalue weighted by Crippen LogP contribution is 2.34. The van der Waals surface area contributed by atoms with Crippen molar-refractivity contribution in [1.82, 2.24) is 35.1 Å². The summed E-state index contributed by atoms with van der Waals surface area (Å²) in [5, 5.41) is 8.48. The minimum atomic E-state index is -0.269. The van der Waals surface area contributed by atoms with Crippen molar-refractivity contribution in [2.45, 2.75) is 13.0 Å². The van der Waals surface area contributed by atoms with Gasteiger partial charge in [-0.05, 0) is 60.0 Å². The van der Waals surface area contributed by atoms with Crippen molar-refractivity contribution in [1.29, 1.82) is 0 Å². The standard InChI is InChI=1S/C27H22FN9/c1-14-6-15(8-16(28)7-14)18-4-5-31-27-19(18)9-22(34-27)26-25-21(35-36-26)3-2-20(33-25)23-10-30-11-24(32-23)37-12-17(29)13-37/h2-11,17H,12-13,29H2,1H3,(H,31,34)(H,35,36). The first-order valence-corrected chi connectivity index (χ1v) is 12.0. The molecule has 1 aromatic carbocycles. The number of nitrogens with two attached hydrogens (primary N) is 1. The number of benzene rings is 1. The Morgan fingerprint density at radius 1 is 1.03 bits per heavy atom. The summed E-state index contributed by atoms with van der Waals surface area (Å²) in [6.07, 6.45) is 5.16. The van der Waals surface area contributed by atoms with Gasteiger partial charge in [-0.25, -0.2) is 19.3 Å². The van der Waals surface area contributed by atoms with E-state index in [1.165, 1.54) is 12.1 Å². The molecule has 1 saturated heterocycles. The molecule has 1 aliphatic heterocycles. The number of nitrogens with one attached hydrogen (secondary N) is 2. The smallest absolute Gasteiger partial charge is 0.147 e. The fourth-order valence-electron chi connectivity index (χ4n) is 4.86. The van der Waals surface area contributed by atoms with Gasteiger partial charge in [0.2, 0.25) is 0 Å². The zero-order valence-corrected chi connectivity index (χ0v) is 19.9. The van der Waals surface area contributed by atoms with Crippen LogP contribution in [0.15, 0.2) is 61.1 Å². The lowest BCUT2D eigenvalue weighted by Gasteiger charge is -2.37. The molecule has 0 atom stereocenters. The number of pyridine rings is 2. The van der Waals surface area contributed by atoms with Crippen molar-refractivity contribution in [2.24, 2.45) is 5.73 Å². The van der Waals surface area contributed by atoms with Gasteiger partial charge in [0.15, 0.2) is 0 Å². The summed E-state index contributed by atoms with van der Waals surface area (Å²) in [6.45, 7) is 3.41. The molecule has 37 heavy (non-hydrogen) atoms. The Labute approximate surface area is 210 Å². The number of anilines is 1. The number of nitrogens with zero attached hydrogens (tertiary/aromatic N) is 6. The number of hydrogen-bond acceptors (Lipinski definition) is 7. The maximum atomic E-state index is 14.1. The zero-order valence-electron chi connectivity index (χ0n) is 19.9. The summed E-state index contributed by atoms with van der Waals surface area (Å²) >= 11 is 0. The van der Waals surface area contributed by atoms with Crippen molar-refractivity contribution in [3.63, 3.8) is 0 Å². The largest absolute Gasteiger partial charge is 0.352 e. The Morgan fingerprint density at radius 3 is 2.76 bits per heavy atom. The summed E-state index contributed by atoms with van der Waals surface area (Å²) < 4.78 is 14.1. The molecule has 4 N–H and O–H groups in total. The number of rotatable bonds is 4. The average Bonchev–Trinajstić information content (AvgIpc) is 3.49. The van der Waals surface area contributed by atoms with Gasteiger partial charge in [0.05, 0.1) is 29.3 Å². The Kier molecular flexibility index (Phi) is 4.76. The Hall–Kier alpha value is -4.70. The van der Waals surface area contributed by atoms with Crippen LogP contribution in [0.3, 0.4) is 0 Å².